The van der Waals surface area contributed by atoms with Crippen LogP contribution in [-0.2, 0) is 72.0 Å². The molecule has 20 nitrogen and oxygen atoms in total. The van der Waals surface area contributed by atoms with Crippen LogP contribution < -0.4 is 51.3 Å². The van der Waals surface area contributed by atoms with Crippen molar-refractivity contribution in [3.8, 4) is 23.0 Å². The molecule has 0 saturated carbocycles. The molecule has 0 radical (unpaired) electrons. The van der Waals surface area contributed by atoms with E-state index < -0.39 is 110 Å². The summed E-state index contributed by atoms with van der Waals surface area (Å²) in [6, 6.07) is 28.8. The van der Waals surface area contributed by atoms with Crippen LogP contribution >= 0.6 is 0 Å². The minimum atomic E-state index is -4.80. The van der Waals surface area contributed by atoms with E-state index in [0.29, 0.717) is 57.7 Å². The van der Waals surface area contributed by atoms with Gasteiger partial charge in [-0.05, 0) is 114 Å². The summed E-state index contributed by atoms with van der Waals surface area (Å²) in [5.41, 5.74) is 6.32. The predicted molar refractivity (Wildman–Crippen MR) is 319 cm³/mol. The van der Waals surface area contributed by atoms with Crippen molar-refractivity contribution < 1.29 is 93.2 Å². The lowest BCUT2D eigenvalue weighted by Gasteiger charge is -2.47. The van der Waals surface area contributed by atoms with Crippen LogP contribution in [0.1, 0.15) is 53.1 Å². The first-order valence-electron chi connectivity index (χ1n) is 28.6. The number of aliphatic hydroxyl groups is 1. The fourth-order valence-electron chi connectivity index (χ4n) is 9.49. The first kappa shape index (κ1) is 69.3. The molecule has 0 aliphatic carbocycles. The van der Waals surface area contributed by atoms with E-state index in [0.717, 1.165) is 30.3 Å². The number of ether oxygens (including phenoxy) is 10. The lowest BCUT2D eigenvalue weighted by Crippen LogP contribution is -2.68. The lowest BCUT2D eigenvalue weighted by molar-refractivity contribution is -0.301. The molecule has 6 aromatic rings. The lowest BCUT2D eigenvalue weighted by atomic mass is 9.95. The monoisotopic (exact) mass is 1260 g/mol. The highest BCUT2D eigenvalue weighted by atomic mass is 19.4. The fourth-order valence-corrected chi connectivity index (χ4v) is 9.49. The number of alkyl halides is 6. The highest BCUT2D eigenvalue weighted by molar-refractivity contribution is 5.90. The van der Waals surface area contributed by atoms with Gasteiger partial charge < -0.3 is 84.8 Å². The molecule has 0 spiro atoms. The minimum absolute atomic E-state index is 0.00139. The first-order chi connectivity index (χ1) is 43.2. The van der Waals surface area contributed by atoms with Gasteiger partial charge in [0, 0.05) is 17.9 Å². The van der Waals surface area contributed by atoms with Gasteiger partial charge in [0.15, 0.2) is 6.29 Å². The first-order valence-corrected chi connectivity index (χ1v) is 28.6. The van der Waals surface area contributed by atoms with Gasteiger partial charge in [0.05, 0.1) is 91.3 Å². The predicted octanol–water partition coefficient (Wildman–Crippen LogP) is 9.76. The molecule has 486 valence electrons. The number of anilines is 2. The summed E-state index contributed by atoms with van der Waals surface area (Å²) < 4.78 is 145. The third kappa shape index (κ3) is 20.9. The van der Waals surface area contributed by atoms with E-state index in [1.807, 2.05) is 0 Å². The number of aliphatic hydroxyl groups excluding tert-OH is 1. The highest BCUT2D eigenvalue weighted by Crippen LogP contribution is 2.34. The molecule has 1 fully saturated rings. The molecule has 6 aromatic carbocycles. The molecule has 8 N–H and O–H groups in total. The molecule has 90 heavy (non-hydrogen) atoms. The Labute approximate surface area is 516 Å². The van der Waals surface area contributed by atoms with Crippen molar-refractivity contribution in [2.24, 2.45) is 5.73 Å². The summed E-state index contributed by atoms with van der Waals surface area (Å²) >= 11 is 0. The number of hydrogen-bond acceptors (Lipinski definition) is 15. The zero-order valence-electron chi connectivity index (χ0n) is 50.0. The zero-order chi connectivity index (χ0) is 64.8. The highest BCUT2D eigenvalue weighted by Gasteiger charge is 2.51. The standard InChI is InChI=1S/C64H74F6N6O14/c1-6-9-51(71)59(78)75-55(52(77)37-85-33-39-14-22-47(81-2)23-15-39)53(32-72-61(79)73-45-12-7-10-43(30-45)63(65,66)67)89-60-56(76-62(80)74-46-13-8-11-44(31-46)64(68,69)70)58(88-36-42-20-28-50(84-5)29-21-42)57(87-35-41-18-26-49(83-4)27-19-41)54(90-60)38-86-34-40-16-24-48(82-3)25-17-40/h7-8,10-31,51-58,60,77H,6,9,32-38,71H2,1-5H3,(H,75,78)(H2,72,73,79)(H2,74,76,80)/t51?,52?,53-,54?,55+,56?,57+,58-,60-/m1/s1. The van der Waals surface area contributed by atoms with E-state index >= 15 is 0 Å². The number of amides is 5. The smallest absolute Gasteiger partial charge is 0.416 e. The topological polar surface area (TPSA) is 250 Å². The summed E-state index contributed by atoms with van der Waals surface area (Å²) in [4.78, 5) is 42.7. The Kier molecular flexibility index (Phi) is 25.8. The van der Waals surface area contributed by atoms with Crippen LogP contribution in [0.5, 0.6) is 23.0 Å². The summed E-state index contributed by atoms with van der Waals surface area (Å²) in [6.07, 6.45) is -18.1. The van der Waals surface area contributed by atoms with Gasteiger partial charge in [-0.15, -0.1) is 0 Å². The molecule has 1 saturated heterocycles. The van der Waals surface area contributed by atoms with Gasteiger partial charge >= 0.3 is 24.4 Å². The maximum atomic E-state index is 14.6. The third-order valence-electron chi connectivity index (χ3n) is 14.3. The van der Waals surface area contributed by atoms with E-state index in [1.54, 1.807) is 104 Å². The second-order valence-corrected chi connectivity index (χ2v) is 20.8. The van der Waals surface area contributed by atoms with Crippen molar-refractivity contribution >= 4 is 29.3 Å². The molecule has 4 unspecified atom stereocenters. The van der Waals surface area contributed by atoms with E-state index in [4.69, 9.17) is 53.1 Å². The number of hydrogen-bond donors (Lipinski definition) is 7. The van der Waals surface area contributed by atoms with Gasteiger partial charge in [-0.3, -0.25) is 4.79 Å². The Bertz CT molecular complexity index is 3190. The van der Waals surface area contributed by atoms with Crippen LogP contribution in [0.3, 0.4) is 0 Å². The number of benzene rings is 6. The maximum absolute atomic E-state index is 14.6. The van der Waals surface area contributed by atoms with Crippen molar-refractivity contribution in [2.75, 3.05) is 58.8 Å². The molecular formula is C64H74F6N6O14. The Morgan fingerprint density at radius 1 is 0.600 bits per heavy atom. The summed E-state index contributed by atoms with van der Waals surface area (Å²) in [5, 5.41) is 25.3. The largest absolute Gasteiger partial charge is 0.497 e. The van der Waals surface area contributed by atoms with E-state index in [1.165, 1.54) is 40.6 Å². The van der Waals surface area contributed by atoms with Crippen molar-refractivity contribution in [1.29, 1.82) is 0 Å². The van der Waals surface area contributed by atoms with Crippen molar-refractivity contribution in [3.63, 3.8) is 0 Å². The second-order valence-electron chi connectivity index (χ2n) is 20.8. The van der Waals surface area contributed by atoms with Crippen LogP contribution in [0, 0.1) is 0 Å². The molecule has 5 amide bonds. The average molecular weight is 1270 g/mol. The Balaban J connectivity index is 1.35. The van der Waals surface area contributed by atoms with Crippen molar-refractivity contribution in [3.05, 3.63) is 179 Å². The minimum Gasteiger partial charge on any atom is -0.497 e. The molecular weight excluding hydrogens is 1190 g/mol. The molecule has 0 bridgehead atoms. The normalized spacial score (nSPS) is 18.0. The SMILES string of the molecule is CCCC(N)C(=O)N[C@@H](C(O)COCc1ccc(OC)cc1)[C@@H](CNC(=O)Nc1cccc(C(F)(F)F)c1)O[C@@H]1OC(COCc2ccc(OC)cc2)[C@H](OCc2ccc(OC)cc2)[C@H](OCc2ccc(OC)cc2)C1NC(=O)Nc1cccc(C(F)(F)F)c1. The van der Waals surface area contributed by atoms with Crippen molar-refractivity contribution in [2.45, 2.75) is 113 Å². The maximum Gasteiger partial charge on any atom is 0.416 e. The molecule has 26 heteroatoms. The number of rotatable bonds is 31. The van der Waals surface area contributed by atoms with Gasteiger partial charge in [0.25, 0.3) is 0 Å². The van der Waals surface area contributed by atoms with Crippen molar-refractivity contribution in [1.82, 2.24) is 16.0 Å². The molecule has 0 aromatic heterocycles. The Morgan fingerprint density at radius 2 is 1.04 bits per heavy atom. The molecule has 1 heterocycles. The number of nitrogens with one attached hydrogen (secondary N) is 5. The van der Waals surface area contributed by atoms with Gasteiger partial charge in [-0.2, -0.15) is 26.3 Å². The average Bonchev–Trinajstić information content (AvgIpc) is 1.02. The quantitative estimate of drug-likeness (QED) is 0.0200. The number of carbonyl (C=O) groups excluding carboxylic acids is 3. The van der Waals surface area contributed by atoms with Gasteiger partial charge in [-0.25, -0.2) is 9.59 Å². The third-order valence-corrected chi connectivity index (χ3v) is 14.3. The second kappa shape index (κ2) is 33.6. The Hall–Kier alpha value is -8.21. The summed E-state index contributed by atoms with van der Waals surface area (Å²) in [7, 11) is 6.02. The van der Waals surface area contributed by atoms with E-state index in [9.17, 15) is 45.8 Å². The Morgan fingerprint density at radius 3 is 1.50 bits per heavy atom. The number of methoxy groups -OCH3 is 4. The fraction of sp³-hybridized carbons (Fsp3) is 0.391. The number of nitrogens with two attached hydrogens (primary N) is 1. The van der Waals surface area contributed by atoms with Crippen LogP contribution in [-0.4, -0.2) is 126 Å². The van der Waals surface area contributed by atoms with Gasteiger partial charge in [0.2, 0.25) is 5.91 Å². The van der Waals surface area contributed by atoms with Gasteiger partial charge in [-0.1, -0.05) is 74.0 Å². The van der Waals surface area contributed by atoms with Gasteiger partial charge in [0.1, 0.15) is 59.6 Å². The molecule has 9 atom stereocenters. The van der Waals surface area contributed by atoms with Crippen LogP contribution in [0.4, 0.5) is 47.3 Å². The number of urea groups is 2. The van der Waals surface area contributed by atoms with Crippen LogP contribution in [0.25, 0.3) is 0 Å². The molecule has 1 aliphatic rings. The van der Waals surface area contributed by atoms with E-state index in [2.05, 4.69) is 26.6 Å². The zero-order valence-corrected chi connectivity index (χ0v) is 50.0. The number of carbonyl (C=O) groups is 3. The number of halogens is 6. The summed E-state index contributed by atoms with van der Waals surface area (Å²) in [5.74, 6) is 1.44. The molecule has 1 aliphatic heterocycles. The summed E-state index contributed by atoms with van der Waals surface area (Å²) in [6.45, 7) is -0.0861. The van der Waals surface area contributed by atoms with Crippen LogP contribution in [0.15, 0.2) is 146 Å². The van der Waals surface area contributed by atoms with E-state index in [-0.39, 0.29) is 50.8 Å². The van der Waals surface area contributed by atoms with Crippen LogP contribution in [0.2, 0.25) is 0 Å². The molecule has 7 rings (SSSR count).